The Morgan fingerprint density at radius 2 is 1.81 bits per heavy atom. The van der Waals surface area contributed by atoms with Crippen LogP contribution in [0.15, 0.2) is 47.2 Å². The van der Waals surface area contributed by atoms with E-state index in [2.05, 4.69) is 40.9 Å². The molecule has 0 aliphatic rings. The first-order valence-corrected chi connectivity index (χ1v) is 8.45. The fourth-order valence-electron chi connectivity index (χ4n) is 2.55. The van der Waals surface area contributed by atoms with E-state index in [-0.39, 0.29) is 11.4 Å². The Hall–Kier alpha value is -2.80. The van der Waals surface area contributed by atoms with E-state index in [1.54, 1.807) is 30.6 Å². The summed E-state index contributed by atoms with van der Waals surface area (Å²) in [6.45, 7) is 6.25. The van der Waals surface area contributed by atoms with Crippen LogP contribution in [0, 0.1) is 5.41 Å². The largest absolute Gasteiger partial charge is 0.424 e. The van der Waals surface area contributed by atoms with Gasteiger partial charge in [-0.3, -0.25) is 0 Å². The molecule has 2 heterocycles. The highest BCUT2D eigenvalue weighted by Crippen LogP contribution is 2.24. The molecule has 1 N–H and O–H groups in total. The van der Waals surface area contributed by atoms with Crippen molar-refractivity contribution in [1.29, 1.82) is 0 Å². The van der Waals surface area contributed by atoms with Crippen molar-refractivity contribution < 1.29 is 14.4 Å². The van der Waals surface area contributed by atoms with Crippen LogP contribution < -0.4 is 4.74 Å². The van der Waals surface area contributed by atoms with Gasteiger partial charge in [-0.1, -0.05) is 25.9 Å². The molecule has 1 atom stereocenters. The highest BCUT2D eigenvalue weighted by atomic mass is 16.5. The average Bonchev–Trinajstić information content (AvgIpc) is 3.03. The van der Waals surface area contributed by atoms with E-state index in [1.807, 2.05) is 12.1 Å². The van der Waals surface area contributed by atoms with Gasteiger partial charge in [-0.15, -0.1) is 0 Å². The Labute approximate surface area is 152 Å². The highest BCUT2D eigenvalue weighted by molar-refractivity contribution is 5.55. The monoisotopic (exact) mass is 354 g/mol. The lowest BCUT2D eigenvalue weighted by atomic mass is 9.88. The lowest BCUT2D eigenvalue weighted by Crippen LogP contribution is -2.19. The van der Waals surface area contributed by atoms with Gasteiger partial charge in [0.05, 0.1) is 12.5 Å². The van der Waals surface area contributed by atoms with Gasteiger partial charge in [0.25, 0.3) is 0 Å². The number of aliphatic hydroxyl groups is 1. The van der Waals surface area contributed by atoms with Crippen LogP contribution in [-0.2, 0) is 6.42 Å². The molecule has 3 rings (SSSR count). The van der Waals surface area contributed by atoms with Gasteiger partial charge in [0.1, 0.15) is 5.75 Å². The molecule has 0 radical (unpaired) electrons. The topological polar surface area (TPSA) is 94.2 Å². The molecule has 3 aromatic rings. The molecule has 7 heteroatoms. The van der Waals surface area contributed by atoms with Crippen molar-refractivity contribution in [2.24, 2.45) is 5.41 Å². The smallest absolute Gasteiger partial charge is 0.321 e. The molecule has 1 aromatic carbocycles. The van der Waals surface area contributed by atoms with Crippen molar-refractivity contribution in [1.82, 2.24) is 20.1 Å². The number of rotatable bonds is 6. The van der Waals surface area contributed by atoms with Gasteiger partial charge in [-0.2, -0.15) is 4.98 Å². The second kappa shape index (κ2) is 7.61. The molecule has 0 spiro atoms. The summed E-state index contributed by atoms with van der Waals surface area (Å²) >= 11 is 0. The van der Waals surface area contributed by atoms with Gasteiger partial charge in [0.2, 0.25) is 11.7 Å². The van der Waals surface area contributed by atoms with Crippen molar-refractivity contribution in [2.45, 2.75) is 39.7 Å². The first kappa shape index (κ1) is 18.0. The molecular weight excluding hydrogens is 332 g/mol. The van der Waals surface area contributed by atoms with Gasteiger partial charge in [-0.05, 0) is 42.2 Å². The van der Waals surface area contributed by atoms with E-state index < -0.39 is 6.10 Å². The number of hydrogen-bond donors (Lipinski definition) is 1. The minimum absolute atomic E-state index is 0.0422. The lowest BCUT2D eigenvalue weighted by molar-refractivity contribution is 0.113. The SMILES string of the molecule is CC(C)(C)CC(O)Cc1nc(-c2ccc(Oc3ncccn3)cc2)no1. The first-order valence-electron chi connectivity index (χ1n) is 8.45. The summed E-state index contributed by atoms with van der Waals surface area (Å²) in [4.78, 5) is 12.4. The van der Waals surface area contributed by atoms with E-state index >= 15 is 0 Å². The number of nitrogens with zero attached hydrogens (tertiary/aromatic N) is 4. The Morgan fingerprint density at radius 1 is 1.12 bits per heavy atom. The fourth-order valence-corrected chi connectivity index (χ4v) is 2.55. The minimum Gasteiger partial charge on any atom is -0.424 e. The standard InChI is InChI=1S/C19H22N4O3/c1-19(2,3)12-14(24)11-16-22-17(23-26-16)13-5-7-15(8-6-13)25-18-20-9-4-10-21-18/h4-10,14,24H,11-12H2,1-3H3. The van der Waals surface area contributed by atoms with Crippen molar-refractivity contribution >= 4 is 0 Å². The van der Waals surface area contributed by atoms with Crippen molar-refractivity contribution in [3.63, 3.8) is 0 Å². The van der Waals surface area contributed by atoms with Crippen LogP contribution in [0.2, 0.25) is 0 Å². The summed E-state index contributed by atoms with van der Waals surface area (Å²) in [6, 6.07) is 9.25. The number of hydrogen-bond acceptors (Lipinski definition) is 7. The highest BCUT2D eigenvalue weighted by Gasteiger charge is 2.19. The van der Waals surface area contributed by atoms with E-state index in [1.165, 1.54) is 0 Å². The Bertz CT molecular complexity index is 826. The molecule has 0 bridgehead atoms. The zero-order valence-corrected chi connectivity index (χ0v) is 15.1. The molecule has 0 aliphatic carbocycles. The number of ether oxygens (including phenoxy) is 1. The third-order valence-corrected chi connectivity index (χ3v) is 3.59. The van der Waals surface area contributed by atoms with Crippen LogP contribution in [0.4, 0.5) is 0 Å². The zero-order chi connectivity index (χ0) is 18.6. The van der Waals surface area contributed by atoms with Crippen molar-refractivity contribution in [2.75, 3.05) is 0 Å². The molecule has 0 fully saturated rings. The van der Waals surface area contributed by atoms with Gasteiger partial charge in [-0.25, -0.2) is 9.97 Å². The summed E-state index contributed by atoms with van der Waals surface area (Å²) in [5, 5.41) is 14.1. The molecule has 1 unspecified atom stereocenters. The molecule has 0 saturated carbocycles. The molecule has 7 nitrogen and oxygen atoms in total. The maximum atomic E-state index is 10.1. The minimum atomic E-state index is -0.509. The maximum Gasteiger partial charge on any atom is 0.321 e. The zero-order valence-electron chi connectivity index (χ0n) is 15.1. The van der Waals surface area contributed by atoms with Gasteiger partial charge < -0.3 is 14.4 Å². The van der Waals surface area contributed by atoms with Gasteiger partial charge >= 0.3 is 6.01 Å². The summed E-state index contributed by atoms with van der Waals surface area (Å²) in [5.41, 5.74) is 0.840. The van der Waals surface area contributed by atoms with Crippen LogP contribution in [0.3, 0.4) is 0 Å². The summed E-state index contributed by atoms with van der Waals surface area (Å²) < 4.78 is 10.8. The second-order valence-corrected chi connectivity index (χ2v) is 7.29. The number of aromatic nitrogens is 4. The van der Waals surface area contributed by atoms with E-state index in [4.69, 9.17) is 9.26 Å². The van der Waals surface area contributed by atoms with Crippen molar-refractivity contribution in [3.05, 3.63) is 48.6 Å². The van der Waals surface area contributed by atoms with Crippen LogP contribution >= 0.6 is 0 Å². The average molecular weight is 354 g/mol. The van der Waals surface area contributed by atoms with Gasteiger partial charge in [0.15, 0.2) is 0 Å². The molecule has 26 heavy (non-hydrogen) atoms. The number of aliphatic hydroxyl groups excluding tert-OH is 1. The molecular formula is C19H22N4O3. The molecule has 136 valence electrons. The summed E-state index contributed by atoms with van der Waals surface area (Å²) in [5.74, 6) is 1.52. The van der Waals surface area contributed by atoms with Gasteiger partial charge in [0, 0.05) is 18.0 Å². The van der Waals surface area contributed by atoms with Crippen LogP contribution in [0.5, 0.6) is 11.8 Å². The molecule has 0 aliphatic heterocycles. The second-order valence-electron chi connectivity index (χ2n) is 7.29. The van der Waals surface area contributed by atoms with E-state index in [9.17, 15) is 5.11 Å². The predicted molar refractivity (Wildman–Crippen MR) is 95.6 cm³/mol. The lowest BCUT2D eigenvalue weighted by Gasteiger charge is -2.21. The summed E-state index contributed by atoms with van der Waals surface area (Å²) in [6.07, 6.45) is 3.73. The third-order valence-electron chi connectivity index (χ3n) is 3.59. The van der Waals surface area contributed by atoms with Crippen LogP contribution in [-0.4, -0.2) is 31.3 Å². The Morgan fingerprint density at radius 3 is 2.46 bits per heavy atom. The molecule has 0 saturated heterocycles. The normalized spacial score (nSPS) is 12.8. The quantitative estimate of drug-likeness (QED) is 0.722. The van der Waals surface area contributed by atoms with Crippen LogP contribution in [0.1, 0.15) is 33.1 Å². The third kappa shape index (κ3) is 5.10. The van der Waals surface area contributed by atoms with Crippen molar-refractivity contribution in [3.8, 4) is 23.1 Å². The van der Waals surface area contributed by atoms with E-state index in [0.717, 1.165) is 5.56 Å². The maximum absolute atomic E-state index is 10.1. The van der Waals surface area contributed by atoms with Crippen LogP contribution in [0.25, 0.3) is 11.4 Å². The first-order chi connectivity index (χ1) is 12.4. The molecule has 2 aromatic heterocycles. The Kier molecular flexibility index (Phi) is 5.27. The van der Waals surface area contributed by atoms with E-state index in [0.29, 0.717) is 30.3 Å². The fraction of sp³-hybridized carbons (Fsp3) is 0.368. The number of benzene rings is 1. The predicted octanol–water partition coefficient (Wildman–Crippen LogP) is 3.66. The Balaban J connectivity index is 1.64. The molecule has 0 amide bonds. The summed E-state index contributed by atoms with van der Waals surface area (Å²) in [7, 11) is 0.